The first-order chi connectivity index (χ1) is 6.74. The van der Waals surface area contributed by atoms with Crippen LogP contribution in [0.3, 0.4) is 0 Å². The molecule has 0 radical (unpaired) electrons. The van der Waals surface area contributed by atoms with Gasteiger partial charge in [0.05, 0.1) is 0 Å². The highest BCUT2D eigenvalue weighted by Gasteiger charge is 1.99. The first kappa shape index (κ1) is 9.81. The largest absolute Gasteiger partial charge is 0.478 e. The SMILES string of the molecule is N#COc1ccccc1C=CC(=O)O. The summed E-state index contributed by atoms with van der Waals surface area (Å²) >= 11 is 0. The Kier molecular flexibility index (Phi) is 3.27. The van der Waals surface area contributed by atoms with Gasteiger partial charge in [-0.15, -0.1) is 5.26 Å². The van der Waals surface area contributed by atoms with E-state index < -0.39 is 5.97 Å². The first-order valence-corrected chi connectivity index (χ1v) is 3.80. The fourth-order valence-corrected chi connectivity index (χ4v) is 0.921. The summed E-state index contributed by atoms with van der Waals surface area (Å²) in [6.45, 7) is 0. The summed E-state index contributed by atoms with van der Waals surface area (Å²) in [4.78, 5) is 10.2. The van der Waals surface area contributed by atoms with Crippen LogP contribution in [0.4, 0.5) is 0 Å². The van der Waals surface area contributed by atoms with E-state index >= 15 is 0 Å². The highest BCUT2D eigenvalue weighted by Crippen LogP contribution is 2.18. The Balaban J connectivity index is 2.96. The van der Waals surface area contributed by atoms with Gasteiger partial charge in [-0.25, -0.2) is 4.79 Å². The molecular formula is C10H7NO3. The van der Waals surface area contributed by atoms with Gasteiger partial charge < -0.3 is 9.84 Å². The number of carboxylic acid groups (broad SMARTS) is 1. The van der Waals surface area contributed by atoms with E-state index in [9.17, 15) is 4.79 Å². The van der Waals surface area contributed by atoms with Crippen molar-refractivity contribution in [2.24, 2.45) is 0 Å². The molecule has 0 aliphatic carbocycles. The Bertz CT molecular complexity index is 404. The third-order valence-electron chi connectivity index (χ3n) is 1.48. The minimum absolute atomic E-state index is 0.340. The molecule has 0 fully saturated rings. The van der Waals surface area contributed by atoms with Crippen molar-refractivity contribution in [2.45, 2.75) is 0 Å². The number of hydrogen-bond donors (Lipinski definition) is 1. The lowest BCUT2D eigenvalue weighted by Gasteiger charge is -1.99. The zero-order valence-electron chi connectivity index (χ0n) is 7.18. The summed E-state index contributed by atoms with van der Waals surface area (Å²) < 4.78 is 4.63. The number of carboxylic acids is 1. The molecule has 0 amide bonds. The predicted molar refractivity (Wildman–Crippen MR) is 49.4 cm³/mol. The molecule has 4 nitrogen and oxygen atoms in total. The number of nitriles is 1. The highest BCUT2D eigenvalue weighted by molar-refractivity contribution is 5.85. The molecule has 0 aliphatic heterocycles. The van der Waals surface area contributed by atoms with Crippen LogP contribution < -0.4 is 4.74 Å². The molecule has 1 rings (SSSR count). The number of para-hydroxylation sites is 1. The minimum atomic E-state index is -1.04. The van der Waals surface area contributed by atoms with E-state index in [0.717, 1.165) is 6.08 Å². The van der Waals surface area contributed by atoms with Gasteiger partial charge in [-0.05, 0) is 12.1 Å². The second-order valence-electron chi connectivity index (χ2n) is 2.40. The molecule has 70 valence electrons. The van der Waals surface area contributed by atoms with Crippen molar-refractivity contribution in [3.8, 4) is 12.0 Å². The molecule has 0 bridgehead atoms. The van der Waals surface area contributed by atoms with Gasteiger partial charge in [0.15, 0.2) is 0 Å². The summed E-state index contributed by atoms with van der Waals surface area (Å²) in [6.07, 6.45) is 3.89. The molecule has 0 saturated heterocycles. The molecule has 0 atom stereocenters. The van der Waals surface area contributed by atoms with Crippen LogP contribution in [-0.4, -0.2) is 11.1 Å². The number of benzene rings is 1. The van der Waals surface area contributed by atoms with Crippen LogP contribution in [0.5, 0.6) is 5.75 Å². The third-order valence-corrected chi connectivity index (χ3v) is 1.48. The normalized spacial score (nSPS) is 9.64. The fraction of sp³-hybridized carbons (Fsp3) is 0. The van der Waals surface area contributed by atoms with E-state index in [1.165, 1.54) is 12.3 Å². The van der Waals surface area contributed by atoms with E-state index in [1.54, 1.807) is 24.3 Å². The van der Waals surface area contributed by atoms with Gasteiger partial charge in [0.2, 0.25) is 0 Å². The summed E-state index contributed by atoms with van der Waals surface area (Å²) in [5, 5.41) is 16.7. The molecule has 4 heteroatoms. The number of rotatable bonds is 3. The van der Waals surface area contributed by atoms with Crippen molar-refractivity contribution in [3.63, 3.8) is 0 Å². The van der Waals surface area contributed by atoms with Crippen molar-refractivity contribution >= 4 is 12.0 Å². The second kappa shape index (κ2) is 4.67. The van der Waals surface area contributed by atoms with Crippen molar-refractivity contribution < 1.29 is 14.6 Å². The van der Waals surface area contributed by atoms with Gasteiger partial charge in [-0.3, -0.25) is 0 Å². The summed E-state index contributed by atoms with van der Waals surface area (Å²) in [7, 11) is 0. The average molecular weight is 189 g/mol. The third kappa shape index (κ3) is 2.64. The van der Waals surface area contributed by atoms with Crippen LogP contribution >= 0.6 is 0 Å². The quantitative estimate of drug-likeness (QED) is 0.579. The van der Waals surface area contributed by atoms with Crippen molar-refractivity contribution in [1.82, 2.24) is 0 Å². The van der Waals surface area contributed by atoms with Crippen molar-refractivity contribution in [2.75, 3.05) is 0 Å². The lowest BCUT2D eigenvalue weighted by molar-refractivity contribution is -0.131. The van der Waals surface area contributed by atoms with Crippen LogP contribution in [0.25, 0.3) is 6.08 Å². The lowest BCUT2D eigenvalue weighted by atomic mass is 10.2. The summed E-state index contributed by atoms with van der Waals surface area (Å²) in [5.74, 6) is -0.704. The van der Waals surface area contributed by atoms with E-state index in [4.69, 9.17) is 10.4 Å². The van der Waals surface area contributed by atoms with Crippen LogP contribution in [0.1, 0.15) is 5.56 Å². The van der Waals surface area contributed by atoms with Gasteiger partial charge in [0.25, 0.3) is 6.26 Å². The molecule has 1 N–H and O–H groups in total. The topological polar surface area (TPSA) is 70.3 Å². The van der Waals surface area contributed by atoms with Crippen LogP contribution in [0.2, 0.25) is 0 Å². The van der Waals surface area contributed by atoms with Gasteiger partial charge in [0, 0.05) is 11.6 Å². The van der Waals surface area contributed by atoms with E-state index in [0.29, 0.717) is 11.3 Å². The van der Waals surface area contributed by atoms with Gasteiger partial charge >= 0.3 is 5.97 Å². The number of aliphatic carboxylic acids is 1. The zero-order valence-corrected chi connectivity index (χ0v) is 7.18. The molecule has 0 heterocycles. The Morgan fingerprint density at radius 1 is 1.50 bits per heavy atom. The number of ether oxygens (including phenoxy) is 1. The first-order valence-electron chi connectivity index (χ1n) is 3.80. The summed E-state index contributed by atoms with van der Waals surface area (Å²) in [6, 6.07) is 6.67. The van der Waals surface area contributed by atoms with E-state index in [1.807, 2.05) is 0 Å². The lowest BCUT2D eigenvalue weighted by Crippen LogP contribution is -1.88. The van der Waals surface area contributed by atoms with Gasteiger partial charge in [-0.1, -0.05) is 18.2 Å². The molecule has 0 spiro atoms. The van der Waals surface area contributed by atoms with Crippen LogP contribution in [0.15, 0.2) is 30.3 Å². The van der Waals surface area contributed by atoms with Crippen LogP contribution in [-0.2, 0) is 4.79 Å². The highest BCUT2D eigenvalue weighted by atomic mass is 16.5. The zero-order chi connectivity index (χ0) is 10.4. The number of nitrogens with zero attached hydrogens (tertiary/aromatic N) is 1. The van der Waals surface area contributed by atoms with Crippen molar-refractivity contribution in [1.29, 1.82) is 5.26 Å². The Labute approximate surface area is 80.7 Å². The Hall–Kier alpha value is -2.28. The Morgan fingerprint density at radius 3 is 2.86 bits per heavy atom. The summed E-state index contributed by atoms with van der Waals surface area (Å²) in [5.41, 5.74) is 0.552. The van der Waals surface area contributed by atoms with E-state index in [2.05, 4.69) is 4.74 Å². The molecule has 14 heavy (non-hydrogen) atoms. The predicted octanol–water partition coefficient (Wildman–Crippen LogP) is 1.64. The minimum Gasteiger partial charge on any atom is -0.478 e. The van der Waals surface area contributed by atoms with Gasteiger partial charge in [-0.2, -0.15) is 0 Å². The molecule has 1 aromatic carbocycles. The molecular weight excluding hydrogens is 182 g/mol. The molecule has 0 aliphatic rings. The molecule has 1 aromatic rings. The second-order valence-corrected chi connectivity index (χ2v) is 2.40. The molecule has 0 saturated carbocycles. The van der Waals surface area contributed by atoms with E-state index in [-0.39, 0.29) is 0 Å². The van der Waals surface area contributed by atoms with Crippen LogP contribution in [0, 0.1) is 11.5 Å². The number of carbonyl (C=O) groups is 1. The molecule has 0 unspecified atom stereocenters. The average Bonchev–Trinajstić information content (AvgIpc) is 2.17. The number of hydrogen-bond acceptors (Lipinski definition) is 3. The maximum Gasteiger partial charge on any atom is 0.328 e. The van der Waals surface area contributed by atoms with Gasteiger partial charge in [0.1, 0.15) is 5.75 Å². The maximum absolute atomic E-state index is 10.2. The Morgan fingerprint density at radius 2 is 2.21 bits per heavy atom. The molecule has 0 aromatic heterocycles. The fourth-order valence-electron chi connectivity index (χ4n) is 0.921. The maximum atomic E-state index is 10.2. The smallest absolute Gasteiger partial charge is 0.328 e. The monoisotopic (exact) mass is 189 g/mol. The standard InChI is InChI=1S/C10H7NO3/c11-7-14-9-4-2-1-3-8(9)5-6-10(12)13/h1-6H,(H,12,13). The van der Waals surface area contributed by atoms with Crippen molar-refractivity contribution in [3.05, 3.63) is 35.9 Å².